The van der Waals surface area contributed by atoms with E-state index in [9.17, 15) is 20.3 Å². The minimum atomic E-state index is -1.95. The van der Waals surface area contributed by atoms with Crippen LogP contribution in [0.5, 0.6) is 5.75 Å². The number of hydrogen-bond acceptors (Lipinski definition) is 10. The highest BCUT2D eigenvalue weighted by Crippen LogP contribution is 2.38. The normalized spacial score (nSPS) is 18.7. The second-order valence-corrected chi connectivity index (χ2v) is 9.45. The van der Waals surface area contributed by atoms with Crippen molar-refractivity contribution in [2.45, 2.75) is 39.0 Å². The van der Waals surface area contributed by atoms with Gasteiger partial charge in [-0.25, -0.2) is 9.97 Å². The van der Waals surface area contributed by atoms with Crippen LogP contribution in [-0.2, 0) is 20.8 Å². The topological polar surface area (TPSA) is 158 Å². The smallest absolute Gasteiger partial charge is 0.224 e. The van der Waals surface area contributed by atoms with Crippen molar-refractivity contribution in [2.75, 3.05) is 19.5 Å². The number of nitriles is 1. The summed E-state index contributed by atoms with van der Waals surface area (Å²) in [5.74, 6) is -1.33. The number of carbonyl (C=O) groups excluding carboxylic acids is 1. The van der Waals surface area contributed by atoms with Crippen molar-refractivity contribution in [1.82, 2.24) is 19.7 Å². The highest BCUT2D eigenvalue weighted by molar-refractivity contribution is 5.87. The van der Waals surface area contributed by atoms with Crippen LogP contribution in [0.1, 0.15) is 19.4 Å². The van der Waals surface area contributed by atoms with E-state index in [1.165, 1.54) is 25.1 Å². The van der Waals surface area contributed by atoms with Crippen LogP contribution in [0.4, 0.5) is 5.95 Å². The molecule has 3 aromatic rings. The summed E-state index contributed by atoms with van der Waals surface area (Å²) in [4.78, 5) is 21.7. The van der Waals surface area contributed by atoms with E-state index in [4.69, 9.17) is 9.47 Å². The molecule has 11 nitrogen and oxygen atoms in total. The van der Waals surface area contributed by atoms with Gasteiger partial charge in [-0.15, -0.1) is 0 Å². The van der Waals surface area contributed by atoms with Gasteiger partial charge in [0, 0.05) is 30.6 Å². The first kappa shape index (κ1) is 27.3. The van der Waals surface area contributed by atoms with E-state index in [1.54, 1.807) is 36.5 Å². The number of methoxy groups -OCH3 is 2. The van der Waals surface area contributed by atoms with Gasteiger partial charge >= 0.3 is 0 Å². The number of ether oxygens (including phenoxy) is 2. The molecule has 0 aliphatic heterocycles. The molecular formula is C28H29N6O5-. The summed E-state index contributed by atoms with van der Waals surface area (Å²) in [5, 5.41) is 39.7. The van der Waals surface area contributed by atoms with E-state index in [-0.39, 0.29) is 29.9 Å². The summed E-state index contributed by atoms with van der Waals surface area (Å²) < 4.78 is 12.6. The molecule has 2 atom stereocenters. The third kappa shape index (κ3) is 5.06. The Bertz CT molecular complexity index is 1480. The van der Waals surface area contributed by atoms with E-state index in [2.05, 4.69) is 26.5 Å². The number of aliphatic carboxylic acids is 1. The van der Waals surface area contributed by atoms with Gasteiger partial charge in [0.25, 0.3) is 0 Å². The highest BCUT2D eigenvalue weighted by atomic mass is 16.5. The van der Waals surface area contributed by atoms with Crippen molar-refractivity contribution in [3.63, 3.8) is 0 Å². The number of aryl methyl sites for hydroxylation is 1. The SMILES string of the molecule is COC1=C(C(C)C)C=C[C@H](OC)C1(Nc1nccc(-c2cn(CC#N)nc2-c2cc(C)cc(O)c2)n1)C(=O)[O-]. The van der Waals surface area contributed by atoms with Crippen LogP contribution in [0.3, 0.4) is 0 Å². The molecule has 1 aromatic carbocycles. The van der Waals surface area contributed by atoms with E-state index < -0.39 is 17.6 Å². The second-order valence-electron chi connectivity index (χ2n) is 9.45. The van der Waals surface area contributed by atoms with Gasteiger partial charge in [-0.1, -0.05) is 26.0 Å². The van der Waals surface area contributed by atoms with E-state index >= 15 is 0 Å². The number of phenols is 1. The van der Waals surface area contributed by atoms with Crippen LogP contribution in [0.2, 0.25) is 0 Å². The fourth-order valence-corrected chi connectivity index (χ4v) is 4.76. The number of carboxylic acid groups (broad SMARTS) is 1. The summed E-state index contributed by atoms with van der Waals surface area (Å²) in [7, 11) is 2.79. The average molecular weight is 530 g/mol. The Morgan fingerprint density at radius 1 is 1.33 bits per heavy atom. The van der Waals surface area contributed by atoms with E-state index in [0.717, 1.165) is 5.56 Å². The molecule has 0 bridgehead atoms. The van der Waals surface area contributed by atoms with Crippen LogP contribution in [0.25, 0.3) is 22.5 Å². The Kier molecular flexibility index (Phi) is 7.69. The third-order valence-electron chi connectivity index (χ3n) is 6.47. The van der Waals surface area contributed by atoms with Crippen LogP contribution in [0.15, 0.2) is 60.1 Å². The lowest BCUT2D eigenvalue weighted by atomic mass is 9.80. The first-order chi connectivity index (χ1) is 18.6. The van der Waals surface area contributed by atoms with Crippen LogP contribution in [0, 0.1) is 24.2 Å². The van der Waals surface area contributed by atoms with Crippen LogP contribution < -0.4 is 10.4 Å². The fraction of sp³-hybridized carbons (Fsp3) is 0.321. The molecule has 4 rings (SSSR count). The minimum absolute atomic E-state index is 0.00336. The first-order valence-electron chi connectivity index (χ1n) is 12.2. The molecule has 0 fully saturated rings. The number of aromatic hydroxyl groups is 1. The largest absolute Gasteiger partial charge is 0.547 e. The number of anilines is 1. The van der Waals surface area contributed by atoms with E-state index in [1.807, 2.05) is 26.8 Å². The number of hydrogen-bond donors (Lipinski definition) is 2. The predicted molar refractivity (Wildman–Crippen MR) is 141 cm³/mol. The molecule has 0 saturated heterocycles. The quantitative estimate of drug-likeness (QED) is 0.422. The lowest BCUT2D eigenvalue weighted by Gasteiger charge is -2.44. The number of carbonyl (C=O) groups is 1. The molecule has 1 aliphatic rings. The molecule has 0 amide bonds. The molecule has 2 aromatic heterocycles. The van der Waals surface area contributed by atoms with Gasteiger partial charge in [0.1, 0.15) is 29.9 Å². The Balaban J connectivity index is 1.85. The van der Waals surface area contributed by atoms with Crippen molar-refractivity contribution >= 4 is 11.9 Å². The molecule has 1 aliphatic carbocycles. The predicted octanol–water partition coefficient (Wildman–Crippen LogP) is 2.59. The van der Waals surface area contributed by atoms with Gasteiger partial charge in [-0.3, -0.25) is 4.68 Å². The van der Waals surface area contributed by atoms with Gasteiger partial charge in [0.2, 0.25) is 5.95 Å². The lowest BCUT2D eigenvalue weighted by Crippen LogP contribution is -2.64. The molecule has 39 heavy (non-hydrogen) atoms. The number of nitrogens with zero attached hydrogens (tertiary/aromatic N) is 5. The van der Waals surface area contributed by atoms with Crippen molar-refractivity contribution in [3.05, 3.63) is 65.7 Å². The maximum Gasteiger partial charge on any atom is 0.224 e. The van der Waals surface area contributed by atoms with Crippen molar-refractivity contribution < 1.29 is 24.5 Å². The summed E-state index contributed by atoms with van der Waals surface area (Å²) in [6, 6.07) is 8.76. The Labute approximate surface area is 226 Å². The van der Waals surface area contributed by atoms with Gasteiger partial charge in [0.15, 0.2) is 5.54 Å². The maximum absolute atomic E-state index is 12.8. The number of phenolic OH excluding ortho intramolecular Hbond substituents is 1. The number of nitrogens with one attached hydrogen (secondary N) is 1. The molecule has 0 spiro atoms. The Morgan fingerprint density at radius 2 is 2.10 bits per heavy atom. The first-order valence-corrected chi connectivity index (χ1v) is 12.2. The maximum atomic E-state index is 12.8. The highest BCUT2D eigenvalue weighted by Gasteiger charge is 2.49. The zero-order valence-electron chi connectivity index (χ0n) is 22.3. The summed E-state index contributed by atoms with van der Waals surface area (Å²) >= 11 is 0. The number of aromatic nitrogens is 4. The zero-order chi connectivity index (χ0) is 28.3. The molecule has 1 unspecified atom stereocenters. The van der Waals surface area contributed by atoms with Crippen molar-refractivity contribution in [1.29, 1.82) is 5.26 Å². The molecule has 0 saturated carbocycles. The Hall–Kier alpha value is -4.69. The average Bonchev–Trinajstić information content (AvgIpc) is 3.32. The number of rotatable bonds is 9. The third-order valence-corrected chi connectivity index (χ3v) is 6.47. The summed E-state index contributed by atoms with van der Waals surface area (Å²) in [6.07, 6.45) is 5.57. The second kappa shape index (κ2) is 11.0. The summed E-state index contributed by atoms with van der Waals surface area (Å²) in [6.45, 7) is 5.69. The van der Waals surface area contributed by atoms with Gasteiger partial charge in [-0.2, -0.15) is 10.4 Å². The van der Waals surface area contributed by atoms with Crippen molar-refractivity contribution in [2.24, 2.45) is 5.92 Å². The minimum Gasteiger partial charge on any atom is -0.547 e. The monoisotopic (exact) mass is 529 g/mol. The van der Waals surface area contributed by atoms with Gasteiger partial charge in [-0.05, 0) is 48.2 Å². The van der Waals surface area contributed by atoms with Gasteiger partial charge < -0.3 is 29.8 Å². The fourth-order valence-electron chi connectivity index (χ4n) is 4.76. The van der Waals surface area contributed by atoms with Crippen molar-refractivity contribution in [3.8, 4) is 34.3 Å². The van der Waals surface area contributed by atoms with Crippen LogP contribution >= 0.6 is 0 Å². The molecule has 0 radical (unpaired) electrons. The summed E-state index contributed by atoms with van der Waals surface area (Å²) in [5.41, 5.74) is 1.61. The Morgan fingerprint density at radius 3 is 2.72 bits per heavy atom. The number of allylic oxidation sites excluding steroid dienone is 2. The van der Waals surface area contributed by atoms with Crippen LogP contribution in [-0.4, -0.2) is 56.7 Å². The molecule has 2 heterocycles. The zero-order valence-corrected chi connectivity index (χ0v) is 22.3. The molecular weight excluding hydrogens is 500 g/mol. The molecule has 11 heteroatoms. The van der Waals surface area contributed by atoms with E-state index in [0.29, 0.717) is 28.1 Å². The standard InChI is InChI=1S/C28H30N6O5/c1-16(2)20-6-7-23(38-4)28(26(36)37,25(20)39-5)32-27-30-10-8-22(31-27)21-15-34(11-9-29)33-24(21)18-12-17(3)13-19(35)14-18/h6-8,10,12-16,23,35H,11H2,1-5H3,(H,36,37)(H,30,31,32)/p-1/t23-,28?/m0/s1. The molecule has 2 N–H and O–H groups in total. The van der Waals surface area contributed by atoms with Gasteiger partial charge in [0.05, 0.1) is 24.8 Å². The molecule has 202 valence electrons. The lowest BCUT2D eigenvalue weighted by molar-refractivity contribution is -0.314. The number of carboxylic acids is 1. The number of benzene rings is 1.